The van der Waals surface area contributed by atoms with E-state index in [2.05, 4.69) is 23.5 Å². The van der Waals surface area contributed by atoms with Crippen molar-refractivity contribution >= 4 is 11.6 Å². The summed E-state index contributed by atoms with van der Waals surface area (Å²) in [7, 11) is 0. The van der Waals surface area contributed by atoms with Gasteiger partial charge in [0.1, 0.15) is 0 Å². The molecular weight excluding hydrogens is 248 g/mol. The predicted octanol–water partition coefficient (Wildman–Crippen LogP) is 3.30. The van der Waals surface area contributed by atoms with Crippen LogP contribution in [0.5, 0.6) is 0 Å². The van der Waals surface area contributed by atoms with Crippen LogP contribution in [0.15, 0.2) is 54.6 Å². The lowest BCUT2D eigenvalue weighted by Crippen LogP contribution is -2.14. The summed E-state index contributed by atoms with van der Waals surface area (Å²) in [6.45, 7) is 0. The smallest absolute Gasteiger partial charge is 0.228 e. The molecule has 0 saturated heterocycles. The number of carbonyl (C=O) groups is 1. The second-order valence-corrected chi connectivity index (χ2v) is 5.04. The Kier molecular flexibility index (Phi) is 3.22. The maximum Gasteiger partial charge on any atom is 0.228 e. The number of nitriles is 1. The molecule has 1 amide bonds. The summed E-state index contributed by atoms with van der Waals surface area (Å²) in [6, 6.07) is 19.1. The summed E-state index contributed by atoms with van der Waals surface area (Å²) in [5, 5.41) is 11.6. The van der Waals surface area contributed by atoms with Gasteiger partial charge in [-0.2, -0.15) is 5.26 Å². The highest BCUT2D eigenvalue weighted by molar-refractivity contribution is 5.95. The fourth-order valence-electron chi connectivity index (χ4n) is 2.42. The summed E-state index contributed by atoms with van der Waals surface area (Å²) in [6.07, 6.45) is 0.909. The third-order valence-corrected chi connectivity index (χ3v) is 3.64. The first kappa shape index (κ1) is 12.4. The molecule has 3 rings (SSSR count). The molecule has 0 heterocycles. The third-order valence-electron chi connectivity index (χ3n) is 3.64. The molecule has 0 radical (unpaired) electrons. The number of nitrogens with one attached hydrogen (secondary N) is 1. The van der Waals surface area contributed by atoms with Gasteiger partial charge < -0.3 is 5.32 Å². The van der Waals surface area contributed by atoms with Gasteiger partial charge in [0.15, 0.2) is 0 Å². The predicted molar refractivity (Wildman–Crippen MR) is 77.1 cm³/mol. The van der Waals surface area contributed by atoms with Gasteiger partial charge in [-0.25, -0.2) is 0 Å². The van der Waals surface area contributed by atoms with Crippen molar-refractivity contribution in [2.24, 2.45) is 5.92 Å². The highest BCUT2D eigenvalue weighted by Crippen LogP contribution is 2.47. The van der Waals surface area contributed by atoms with Gasteiger partial charge >= 0.3 is 0 Å². The van der Waals surface area contributed by atoms with E-state index in [0.717, 1.165) is 12.1 Å². The Labute approximate surface area is 117 Å². The molecule has 20 heavy (non-hydrogen) atoms. The van der Waals surface area contributed by atoms with E-state index in [9.17, 15) is 4.79 Å². The van der Waals surface area contributed by atoms with Crippen LogP contribution in [-0.2, 0) is 4.79 Å². The lowest BCUT2D eigenvalue weighted by Gasteiger charge is -2.05. The van der Waals surface area contributed by atoms with E-state index in [-0.39, 0.29) is 11.8 Å². The molecule has 3 nitrogen and oxygen atoms in total. The van der Waals surface area contributed by atoms with Crippen LogP contribution in [0.3, 0.4) is 0 Å². The van der Waals surface area contributed by atoms with Gasteiger partial charge in [-0.05, 0) is 42.2 Å². The molecule has 2 atom stereocenters. The van der Waals surface area contributed by atoms with Gasteiger partial charge in [-0.3, -0.25) is 4.79 Å². The van der Waals surface area contributed by atoms with E-state index < -0.39 is 0 Å². The van der Waals surface area contributed by atoms with Gasteiger partial charge in [-0.15, -0.1) is 0 Å². The minimum Gasteiger partial charge on any atom is -0.326 e. The molecule has 1 aliphatic rings. The molecule has 0 spiro atoms. The Morgan fingerprint density at radius 2 is 1.80 bits per heavy atom. The third kappa shape index (κ3) is 2.55. The number of anilines is 1. The van der Waals surface area contributed by atoms with Crippen LogP contribution in [0.1, 0.15) is 23.5 Å². The number of hydrogen-bond donors (Lipinski definition) is 1. The molecule has 0 aromatic heterocycles. The topological polar surface area (TPSA) is 52.9 Å². The highest BCUT2D eigenvalue weighted by atomic mass is 16.2. The van der Waals surface area contributed by atoms with E-state index in [1.807, 2.05) is 18.2 Å². The quantitative estimate of drug-likeness (QED) is 0.922. The summed E-state index contributed by atoms with van der Waals surface area (Å²) >= 11 is 0. The van der Waals surface area contributed by atoms with Crippen molar-refractivity contribution in [1.82, 2.24) is 0 Å². The van der Waals surface area contributed by atoms with Gasteiger partial charge in [0.05, 0.1) is 11.6 Å². The molecule has 1 fully saturated rings. The van der Waals surface area contributed by atoms with Gasteiger partial charge in [-0.1, -0.05) is 30.3 Å². The van der Waals surface area contributed by atoms with E-state index in [4.69, 9.17) is 5.26 Å². The Hall–Kier alpha value is -2.60. The van der Waals surface area contributed by atoms with Crippen LogP contribution in [-0.4, -0.2) is 5.91 Å². The fourth-order valence-corrected chi connectivity index (χ4v) is 2.42. The van der Waals surface area contributed by atoms with Gasteiger partial charge in [0.25, 0.3) is 0 Å². The van der Waals surface area contributed by atoms with Crippen molar-refractivity contribution in [2.75, 3.05) is 5.32 Å². The number of nitrogens with zero attached hydrogens (tertiary/aromatic N) is 1. The first-order valence-corrected chi connectivity index (χ1v) is 6.64. The van der Waals surface area contributed by atoms with Crippen molar-refractivity contribution in [1.29, 1.82) is 5.26 Å². The zero-order valence-electron chi connectivity index (χ0n) is 10.9. The number of carbonyl (C=O) groups excluding carboxylic acids is 1. The summed E-state index contributed by atoms with van der Waals surface area (Å²) in [5.41, 5.74) is 2.57. The van der Waals surface area contributed by atoms with Crippen LogP contribution < -0.4 is 5.32 Å². The average Bonchev–Trinajstić information content (AvgIpc) is 3.29. The molecule has 0 aliphatic heterocycles. The van der Waals surface area contributed by atoms with Crippen LogP contribution in [0, 0.1) is 17.2 Å². The summed E-state index contributed by atoms with van der Waals surface area (Å²) in [4.78, 5) is 12.1. The molecule has 2 unspecified atom stereocenters. The minimum atomic E-state index is 0.0589. The SMILES string of the molecule is N#Cc1ccc(NC(=O)C2CC2c2ccccc2)cc1. The number of hydrogen-bond acceptors (Lipinski definition) is 2. The largest absolute Gasteiger partial charge is 0.326 e. The summed E-state index contributed by atoms with van der Waals surface area (Å²) in [5.74, 6) is 0.464. The van der Waals surface area contributed by atoms with Crippen molar-refractivity contribution in [3.8, 4) is 6.07 Å². The van der Waals surface area contributed by atoms with Crippen LogP contribution >= 0.6 is 0 Å². The molecule has 98 valence electrons. The van der Waals surface area contributed by atoms with E-state index in [1.165, 1.54) is 5.56 Å². The first-order chi connectivity index (χ1) is 9.78. The second-order valence-electron chi connectivity index (χ2n) is 5.04. The molecule has 1 N–H and O–H groups in total. The van der Waals surface area contributed by atoms with E-state index in [0.29, 0.717) is 11.5 Å². The molecule has 2 aromatic rings. The highest BCUT2D eigenvalue weighted by Gasteiger charge is 2.43. The molecule has 1 aliphatic carbocycles. The van der Waals surface area contributed by atoms with Crippen LogP contribution in [0.25, 0.3) is 0 Å². The lowest BCUT2D eigenvalue weighted by molar-refractivity contribution is -0.117. The number of amides is 1. The Bertz CT molecular complexity index is 656. The monoisotopic (exact) mass is 262 g/mol. The minimum absolute atomic E-state index is 0.0589. The first-order valence-electron chi connectivity index (χ1n) is 6.64. The Morgan fingerprint density at radius 3 is 2.45 bits per heavy atom. The number of rotatable bonds is 3. The Morgan fingerprint density at radius 1 is 1.10 bits per heavy atom. The van der Waals surface area contributed by atoms with Gasteiger partial charge in [0.2, 0.25) is 5.91 Å². The zero-order chi connectivity index (χ0) is 13.9. The maximum atomic E-state index is 12.1. The lowest BCUT2D eigenvalue weighted by atomic mass is 10.1. The molecule has 3 heteroatoms. The number of benzene rings is 2. The normalized spacial score (nSPS) is 19.9. The van der Waals surface area contributed by atoms with E-state index in [1.54, 1.807) is 24.3 Å². The van der Waals surface area contributed by atoms with Crippen molar-refractivity contribution in [3.63, 3.8) is 0 Å². The van der Waals surface area contributed by atoms with Crippen LogP contribution in [0.4, 0.5) is 5.69 Å². The standard InChI is InChI=1S/C17H14N2O/c18-11-12-6-8-14(9-7-12)19-17(20)16-10-15(16)13-4-2-1-3-5-13/h1-9,15-16H,10H2,(H,19,20). The maximum absolute atomic E-state index is 12.1. The van der Waals surface area contributed by atoms with Crippen molar-refractivity contribution < 1.29 is 4.79 Å². The zero-order valence-corrected chi connectivity index (χ0v) is 10.9. The van der Waals surface area contributed by atoms with Gasteiger partial charge in [0, 0.05) is 11.6 Å². The van der Waals surface area contributed by atoms with Crippen molar-refractivity contribution in [3.05, 3.63) is 65.7 Å². The molecule has 1 saturated carbocycles. The molecular formula is C17H14N2O. The van der Waals surface area contributed by atoms with Crippen molar-refractivity contribution in [2.45, 2.75) is 12.3 Å². The molecule has 0 bridgehead atoms. The van der Waals surface area contributed by atoms with E-state index >= 15 is 0 Å². The molecule has 2 aromatic carbocycles. The average molecular weight is 262 g/mol. The fraction of sp³-hybridized carbons (Fsp3) is 0.176. The summed E-state index contributed by atoms with van der Waals surface area (Å²) < 4.78 is 0. The Balaban J connectivity index is 1.62. The van der Waals surface area contributed by atoms with Crippen LogP contribution in [0.2, 0.25) is 0 Å². The second kappa shape index (κ2) is 5.18.